The number of hydrogen-bond acceptors (Lipinski definition) is 9. The third-order valence-electron chi connectivity index (χ3n) is 3.44. The van der Waals surface area contributed by atoms with Crippen LogP contribution in [0.2, 0.25) is 0 Å². The maximum atomic E-state index is 6.05. The Kier molecular flexibility index (Phi) is 18.0. The molecule has 0 aliphatic heterocycles. The smallest absolute Gasteiger partial charge is 0.332 e. The molecule has 0 fully saturated rings. The first-order valence-electron chi connectivity index (χ1n) is 11.2. The highest BCUT2D eigenvalue weighted by molar-refractivity contribution is 5.06. The van der Waals surface area contributed by atoms with Gasteiger partial charge in [-0.3, -0.25) is 0 Å². The molecular weight excluding hydrogens is 408 g/mol. The molecule has 0 saturated carbocycles. The lowest BCUT2D eigenvalue weighted by Crippen LogP contribution is -2.27. The maximum Gasteiger partial charge on any atom is 0.332 e. The quantitative estimate of drug-likeness (QED) is 0.199. The normalized spacial score (nSPS) is 13.1. The van der Waals surface area contributed by atoms with Crippen molar-refractivity contribution in [1.29, 1.82) is 0 Å². The molecule has 31 heavy (non-hydrogen) atoms. The molecule has 0 spiro atoms. The van der Waals surface area contributed by atoms with E-state index in [0.717, 1.165) is 0 Å². The van der Waals surface area contributed by atoms with E-state index in [0.29, 0.717) is 52.9 Å². The largest absolute Gasteiger partial charge is 0.487 e. The summed E-state index contributed by atoms with van der Waals surface area (Å²) in [6.45, 7) is 17.8. The van der Waals surface area contributed by atoms with Crippen molar-refractivity contribution in [3.8, 4) is 0 Å². The molecule has 0 bridgehead atoms. The molecule has 0 amide bonds. The second kappa shape index (κ2) is 19.0. The number of hydrogen-bond donors (Lipinski definition) is 0. The van der Waals surface area contributed by atoms with Crippen LogP contribution in [-0.2, 0) is 42.6 Å². The monoisotopic (exact) mass is 450 g/mol. The van der Waals surface area contributed by atoms with Crippen molar-refractivity contribution in [1.82, 2.24) is 0 Å². The van der Waals surface area contributed by atoms with Gasteiger partial charge >= 0.3 is 11.9 Å². The summed E-state index contributed by atoms with van der Waals surface area (Å²) in [6.07, 6.45) is -1.60. The lowest BCUT2D eigenvalue weighted by Gasteiger charge is -2.25. The van der Waals surface area contributed by atoms with E-state index in [4.69, 9.17) is 42.6 Å². The van der Waals surface area contributed by atoms with Gasteiger partial charge in [-0.05, 0) is 55.4 Å². The molecule has 0 aromatic rings. The fraction of sp³-hybridized carbons (Fsp3) is 0.818. The summed E-state index contributed by atoms with van der Waals surface area (Å²) in [5, 5.41) is 0. The van der Waals surface area contributed by atoms with Gasteiger partial charge in [0.25, 0.3) is 0 Å². The van der Waals surface area contributed by atoms with Gasteiger partial charge in [0.05, 0.1) is 26.4 Å². The third kappa shape index (κ3) is 11.0. The van der Waals surface area contributed by atoms with Crippen molar-refractivity contribution >= 4 is 0 Å². The predicted octanol–water partition coefficient (Wildman–Crippen LogP) is 4.29. The Hall–Kier alpha value is -1.68. The summed E-state index contributed by atoms with van der Waals surface area (Å²) < 4.78 is 51.9. The summed E-state index contributed by atoms with van der Waals surface area (Å²) in [4.78, 5) is 0. The van der Waals surface area contributed by atoms with E-state index in [1.165, 1.54) is 0 Å². The van der Waals surface area contributed by atoms with Crippen LogP contribution in [0.15, 0.2) is 23.4 Å². The molecule has 9 nitrogen and oxygen atoms in total. The van der Waals surface area contributed by atoms with Crippen LogP contribution in [0.1, 0.15) is 55.4 Å². The molecule has 0 atom stereocenters. The summed E-state index contributed by atoms with van der Waals surface area (Å²) in [5.74, 6) is 0.656. The Bertz CT molecular complexity index is 449. The van der Waals surface area contributed by atoms with Gasteiger partial charge in [0, 0.05) is 26.4 Å². The van der Waals surface area contributed by atoms with Gasteiger partial charge in [0.2, 0.25) is 24.1 Å². The number of ether oxygens (including phenoxy) is 9. The Morgan fingerprint density at radius 3 is 0.935 bits per heavy atom. The van der Waals surface area contributed by atoms with Crippen molar-refractivity contribution in [2.24, 2.45) is 0 Å². The van der Waals surface area contributed by atoms with Gasteiger partial charge in [-0.25, -0.2) is 0 Å². The van der Waals surface area contributed by atoms with Gasteiger partial charge in [0.15, 0.2) is 0 Å². The van der Waals surface area contributed by atoms with Crippen LogP contribution >= 0.6 is 0 Å². The van der Waals surface area contributed by atoms with E-state index in [9.17, 15) is 0 Å². The molecule has 0 unspecified atom stereocenters. The topological polar surface area (TPSA) is 83.1 Å². The van der Waals surface area contributed by atoms with Crippen LogP contribution in [-0.4, -0.2) is 65.4 Å². The molecule has 9 heteroatoms. The van der Waals surface area contributed by atoms with Gasteiger partial charge in [-0.2, -0.15) is 0 Å². The molecule has 0 saturated heterocycles. The summed E-state index contributed by atoms with van der Waals surface area (Å²) in [5.41, 5.74) is 0. The Morgan fingerprint density at radius 1 is 0.419 bits per heavy atom. The van der Waals surface area contributed by atoms with Gasteiger partial charge in [0.1, 0.15) is 0 Å². The van der Waals surface area contributed by atoms with E-state index in [1.807, 2.05) is 55.4 Å². The minimum Gasteiger partial charge on any atom is -0.487 e. The second-order valence-electron chi connectivity index (χ2n) is 5.62. The highest BCUT2D eigenvalue weighted by Crippen LogP contribution is 2.25. The van der Waals surface area contributed by atoms with Crippen LogP contribution < -0.4 is 0 Å². The van der Waals surface area contributed by atoms with Gasteiger partial charge < -0.3 is 42.6 Å². The summed E-state index contributed by atoms with van der Waals surface area (Å²) >= 11 is 0. The molecule has 0 aromatic heterocycles. The zero-order valence-electron chi connectivity index (χ0n) is 20.5. The molecule has 0 aliphatic rings. The fourth-order valence-electron chi connectivity index (χ4n) is 2.41. The molecule has 0 aromatic carbocycles. The Balaban J connectivity index is 6.44. The SMILES string of the molecule is CCOC(OC(OCC)=C(OCC)C(OCC)OCC)=C(OCC)C(OCC)OCC. The van der Waals surface area contributed by atoms with Crippen molar-refractivity contribution in [3.63, 3.8) is 0 Å². The average Bonchev–Trinajstić information content (AvgIpc) is 2.75. The lowest BCUT2D eigenvalue weighted by atomic mass is 10.4. The molecular formula is C22H42O9. The van der Waals surface area contributed by atoms with E-state index in [1.54, 1.807) is 0 Å². The van der Waals surface area contributed by atoms with Crippen LogP contribution in [0.5, 0.6) is 0 Å². The van der Waals surface area contributed by atoms with Crippen LogP contribution in [0, 0.1) is 0 Å². The first kappa shape index (κ1) is 29.3. The van der Waals surface area contributed by atoms with Gasteiger partial charge in [-0.15, -0.1) is 0 Å². The van der Waals surface area contributed by atoms with Crippen LogP contribution in [0.3, 0.4) is 0 Å². The number of rotatable bonds is 20. The average molecular weight is 451 g/mol. The molecule has 0 N–H and O–H groups in total. The van der Waals surface area contributed by atoms with Crippen molar-refractivity contribution in [2.75, 3.05) is 52.9 Å². The third-order valence-corrected chi connectivity index (χ3v) is 3.44. The molecule has 0 radical (unpaired) electrons. The second-order valence-corrected chi connectivity index (χ2v) is 5.62. The van der Waals surface area contributed by atoms with Gasteiger partial charge in [-0.1, -0.05) is 0 Å². The fourth-order valence-corrected chi connectivity index (χ4v) is 2.41. The van der Waals surface area contributed by atoms with E-state index < -0.39 is 12.6 Å². The van der Waals surface area contributed by atoms with E-state index in [2.05, 4.69) is 0 Å². The van der Waals surface area contributed by atoms with Crippen molar-refractivity contribution < 1.29 is 42.6 Å². The van der Waals surface area contributed by atoms with E-state index in [-0.39, 0.29) is 23.4 Å². The maximum absolute atomic E-state index is 6.05. The first-order valence-corrected chi connectivity index (χ1v) is 11.2. The van der Waals surface area contributed by atoms with Crippen molar-refractivity contribution in [3.05, 3.63) is 23.4 Å². The first-order chi connectivity index (χ1) is 15.1. The molecule has 0 heterocycles. The summed E-state index contributed by atoms with van der Waals surface area (Å²) in [6, 6.07) is 0. The molecule has 0 aliphatic carbocycles. The highest BCUT2D eigenvalue weighted by Gasteiger charge is 2.30. The Morgan fingerprint density at radius 2 is 0.710 bits per heavy atom. The minimum atomic E-state index is -0.801. The Labute approximate surface area is 187 Å². The zero-order chi connectivity index (χ0) is 23.5. The standard InChI is InChI=1S/C22H42O9/c1-9-23-17(19(25-11-3)26-12-4)21(29-15-7)31-22(30-16-8)18(24-10-2)20(27-13-5)28-14-6/h19-20H,9-16H2,1-8H3. The minimum absolute atomic E-state index is 0.0589. The van der Waals surface area contributed by atoms with Crippen LogP contribution in [0.4, 0.5) is 0 Å². The lowest BCUT2D eigenvalue weighted by molar-refractivity contribution is -0.154. The molecule has 0 rings (SSSR count). The highest BCUT2D eigenvalue weighted by atomic mass is 16.8. The zero-order valence-corrected chi connectivity index (χ0v) is 20.5. The predicted molar refractivity (Wildman–Crippen MR) is 116 cm³/mol. The van der Waals surface area contributed by atoms with E-state index >= 15 is 0 Å². The van der Waals surface area contributed by atoms with Crippen LogP contribution in [0.25, 0.3) is 0 Å². The van der Waals surface area contributed by atoms with Crippen molar-refractivity contribution in [2.45, 2.75) is 68.0 Å². The molecule has 184 valence electrons. The summed E-state index contributed by atoms with van der Waals surface area (Å²) in [7, 11) is 0.